The molecule has 116 valence electrons. The minimum Gasteiger partial charge on any atom is -0.334 e. The van der Waals surface area contributed by atoms with Crippen molar-refractivity contribution in [3.8, 4) is 0 Å². The lowest BCUT2D eigenvalue weighted by atomic mass is 10.1. The third-order valence-electron chi connectivity index (χ3n) is 4.79. The van der Waals surface area contributed by atoms with Gasteiger partial charge in [-0.3, -0.25) is 4.79 Å². The minimum atomic E-state index is 0.201. The maximum Gasteiger partial charge on any atom is 0.266 e. The monoisotopic (exact) mass is 307 g/mol. The zero-order valence-corrected chi connectivity index (χ0v) is 13.8. The van der Waals surface area contributed by atoms with E-state index in [1.165, 1.54) is 30.7 Å². The number of carbonyl (C=O) groups excluding carboxylic acids is 1. The highest BCUT2D eigenvalue weighted by Gasteiger charge is 2.32. The zero-order chi connectivity index (χ0) is 14.8. The van der Waals surface area contributed by atoms with Gasteiger partial charge in [-0.1, -0.05) is 12.8 Å². The predicted octanol–water partition coefficient (Wildman–Crippen LogP) is 2.93. The van der Waals surface area contributed by atoms with Gasteiger partial charge in [0.05, 0.1) is 10.7 Å². The third kappa shape index (κ3) is 2.99. The average Bonchev–Trinajstić information content (AvgIpc) is 3.17. The maximum absolute atomic E-state index is 12.8. The molecule has 0 spiro atoms. The minimum absolute atomic E-state index is 0.201. The molecule has 3 rings (SSSR count). The Labute approximate surface area is 130 Å². The molecule has 0 unspecified atom stereocenters. The number of nitrogens with one attached hydrogen (secondary N) is 1. The van der Waals surface area contributed by atoms with E-state index in [0.717, 1.165) is 36.5 Å². The van der Waals surface area contributed by atoms with E-state index in [9.17, 15) is 4.79 Å². The molecule has 1 aromatic rings. The largest absolute Gasteiger partial charge is 0.334 e. The van der Waals surface area contributed by atoms with E-state index in [1.807, 2.05) is 14.0 Å². The first-order valence-corrected chi connectivity index (χ1v) is 8.95. The Morgan fingerprint density at radius 1 is 1.33 bits per heavy atom. The van der Waals surface area contributed by atoms with E-state index in [2.05, 4.69) is 10.2 Å². The summed E-state index contributed by atoms with van der Waals surface area (Å²) in [4.78, 5) is 20.5. The van der Waals surface area contributed by atoms with E-state index in [0.29, 0.717) is 12.0 Å². The van der Waals surface area contributed by atoms with Crippen molar-refractivity contribution < 1.29 is 4.79 Å². The molecule has 2 fully saturated rings. The lowest BCUT2D eigenvalue weighted by Gasteiger charge is -2.24. The molecule has 1 saturated carbocycles. The second-order valence-electron chi connectivity index (χ2n) is 6.30. The molecule has 21 heavy (non-hydrogen) atoms. The van der Waals surface area contributed by atoms with Crippen molar-refractivity contribution in [1.29, 1.82) is 0 Å². The van der Waals surface area contributed by atoms with Crippen LogP contribution in [0.2, 0.25) is 0 Å². The predicted molar refractivity (Wildman–Crippen MR) is 86.0 cm³/mol. The number of aryl methyl sites for hydroxylation is 1. The van der Waals surface area contributed by atoms with Gasteiger partial charge in [-0.15, -0.1) is 11.3 Å². The van der Waals surface area contributed by atoms with Crippen molar-refractivity contribution in [2.24, 2.45) is 0 Å². The average molecular weight is 307 g/mol. The van der Waals surface area contributed by atoms with Crippen LogP contribution in [0.1, 0.15) is 64.8 Å². The van der Waals surface area contributed by atoms with E-state index in [1.54, 1.807) is 11.3 Å². The van der Waals surface area contributed by atoms with Crippen molar-refractivity contribution in [2.45, 2.75) is 57.4 Å². The molecule has 1 aromatic heterocycles. The molecular weight excluding hydrogens is 282 g/mol. The zero-order valence-electron chi connectivity index (χ0n) is 13.0. The molecule has 0 aromatic carbocycles. The first kappa shape index (κ1) is 15.0. The van der Waals surface area contributed by atoms with Crippen LogP contribution in [0, 0.1) is 6.92 Å². The molecule has 1 amide bonds. The number of carbonyl (C=O) groups is 1. The van der Waals surface area contributed by atoms with Gasteiger partial charge in [0.1, 0.15) is 4.88 Å². The summed E-state index contributed by atoms with van der Waals surface area (Å²) in [6, 6.07) is 0.346. The van der Waals surface area contributed by atoms with E-state index >= 15 is 0 Å². The molecule has 2 aliphatic rings. The fraction of sp³-hybridized carbons (Fsp3) is 0.750. The molecule has 1 saturated heterocycles. The fourth-order valence-electron chi connectivity index (χ4n) is 3.64. The van der Waals surface area contributed by atoms with Crippen molar-refractivity contribution in [1.82, 2.24) is 15.2 Å². The van der Waals surface area contributed by atoms with E-state index in [-0.39, 0.29) is 5.91 Å². The van der Waals surface area contributed by atoms with Gasteiger partial charge in [0.2, 0.25) is 0 Å². The van der Waals surface area contributed by atoms with Crippen LogP contribution >= 0.6 is 11.3 Å². The molecule has 4 nitrogen and oxygen atoms in total. The Morgan fingerprint density at radius 2 is 2.10 bits per heavy atom. The van der Waals surface area contributed by atoms with Gasteiger partial charge in [0.25, 0.3) is 5.91 Å². The highest BCUT2D eigenvalue weighted by atomic mass is 32.1. The number of likely N-dealkylation sites (N-methyl/N-ethyl adjacent to an activating group) is 1. The number of aromatic nitrogens is 1. The van der Waals surface area contributed by atoms with E-state index < -0.39 is 0 Å². The van der Waals surface area contributed by atoms with Crippen LogP contribution < -0.4 is 5.32 Å². The van der Waals surface area contributed by atoms with Gasteiger partial charge in [0.15, 0.2) is 0 Å². The van der Waals surface area contributed by atoms with Crippen LogP contribution in [-0.2, 0) is 0 Å². The summed E-state index contributed by atoms with van der Waals surface area (Å²) in [6.45, 7) is 3.77. The van der Waals surface area contributed by atoms with Gasteiger partial charge in [-0.2, -0.15) is 0 Å². The van der Waals surface area contributed by atoms with Crippen LogP contribution in [0.25, 0.3) is 0 Å². The standard InChI is InChI=1S/C16H25N3OS/c1-11-14(21-15(18-11)12-6-3-4-7-12)16(20)19-9-5-8-13(19)10-17-2/h12-13,17H,3-10H2,1-2H3/t13-/m1/s1. The third-order valence-corrected chi connectivity index (χ3v) is 6.10. The van der Waals surface area contributed by atoms with Crippen molar-refractivity contribution in [3.05, 3.63) is 15.6 Å². The van der Waals surface area contributed by atoms with Gasteiger partial charge in [0, 0.05) is 25.0 Å². The number of hydrogen-bond donors (Lipinski definition) is 1. The topological polar surface area (TPSA) is 45.2 Å². The number of thiazole rings is 1. The summed E-state index contributed by atoms with van der Waals surface area (Å²) in [7, 11) is 1.96. The first-order chi connectivity index (χ1) is 10.2. The van der Waals surface area contributed by atoms with Gasteiger partial charge < -0.3 is 10.2 Å². The SMILES string of the molecule is CNC[C@H]1CCCN1C(=O)c1sc(C2CCCC2)nc1C. The van der Waals surface area contributed by atoms with E-state index in [4.69, 9.17) is 4.98 Å². The quantitative estimate of drug-likeness (QED) is 0.930. The van der Waals surface area contributed by atoms with Gasteiger partial charge in [-0.05, 0) is 39.7 Å². The highest BCUT2D eigenvalue weighted by Crippen LogP contribution is 2.37. The van der Waals surface area contributed by atoms with Gasteiger partial charge in [-0.25, -0.2) is 4.98 Å². The molecule has 2 heterocycles. The Balaban J connectivity index is 1.77. The maximum atomic E-state index is 12.8. The number of rotatable bonds is 4. The summed E-state index contributed by atoms with van der Waals surface area (Å²) >= 11 is 1.65. The first-order valence-electron chi connectivity index (χ1n) is 8.13. The molecule has 1 atom stereocenters. The number of likely N-dealkylation sites (tertiary alicyclic amines) is 1. The van der Waals surface area contributed by atoms with Crippen molar-refractivity contribution >= 4 is 17.2 Å². The van der Waals surface area contributed by atoms with Gasteiger partial charge >= 0.3 is 0 Å². The summed E-state index contributed by atoms with van der Waals surface area (Å²) in [6.07, 6.45) is 7.33. The molecule has 1 aliphatic carbocycles. The Kier molecular flexibility index (Phi) is 4.60. The molecular formula is C16H25N3OS. The van der Waals surface area contributed by atoms with Crippen LogP contribution in [0.15, 0.2) is 0 Å². The lowest BCUT2D eigenvalue weighted by molar-refractivity contribution is 0.0741. The van der Waals surface area contributed by atoms with Crippen LogP contribution in [-0.4, -0.2) is 42.0 Å². The van der Waals surface area contributed by atoms with Crippen LogP contribution in [0.4, 0.5) is 0 Å². The molecule has 0 bridgehead atoms. The lowest BCUT2D eigenvalue weighted by Crippen LogP contribution is -2.40. The normalized spacial score (nSPS) is 23.1. The van der Waals surface area contributed by atoms with Crippen LogP contribution in [0.3, 0.4) is 0 Å². The summed E-state index contributed by atoms with van der Waals surface area (Å²) in [5.41, 5.74) is 0.932. The molecule has 1 N–H and O–H groups in total. The summed E-state index contributed by atoms with van der Waals surface area (Å²) in [5.74, 6) is 0.800. The second kappa shape index (κ2) is 6.44. The second-order valence-corrected chi connectivity index (χ2v) is 7.33. The molecule has 5 heteroatoms. The molecule has 1 aliphatic heterocycles. The number of amides is 1. The Bertz CT molecular complexity index is 508. The summed E-state index contributed by atoms with van der Waals surface area (Å²) < 4.78 is 0. The number of hydrogen-bond acceptors (Lipinski definition) is 4. The summed E-state index contributed by atoms with van der Waals surface area (Å²) in [5, 5.41) is 4.40. The fourth-order valence-corrected chi connectivity index (χ4v) is 4.84. The smallest absolute Gasteiger partial charge is 0.266 e. The van der Waals surface area contributed by atoms with Crippen molar-refractivity contribution in [2.75, 3.05) is 20.1 Å². The Hall–Kier alpha value is -0.940. The van der Waals surface area contributed by atoms with Crippen molar-refractivity contribution in [3.63, 3.8) is 0 Å². The number of nitrogens with zero attached hydrogens (tertiary/aromatic N) is 2. The Morgan fingerprint density at radius 3 is 2.81 bits per heavy atom. The molecule has 0 radical (unpaired) electrons. The van der Waals surface area contributed by atoms with Crippen LogP contribution in [0.5, 0.6) is 0 Å². The highest BCUT2D eigenvalue weighted by molar-refractivity contribution is 7.13.